The summed E-state index contributed by atoms with van der Waals surface area (Å²) in [4.78, 5) is 0. The van der Waals surface area contributed by atoms with E-state index in [9.17, 15) is 0 Å². The highest BCUT2D eigenvalue weighted by Gasteiger charge is 2.50. The van der Waals surface area contributed by atoms with E-state index in [4.69, 9.17) is 4.43 Å². The Kier molecular flexibility index (Phi) is 6.37. The predicted molar refractivity (Wildman–Crippen MR) is 95.2 cm³/mol. The van der Waals surface area contributed by atoms with E-state index in [1.807, 2.05) is 0 Å². The van der Waals surface area contributed by atoms with Gasteiger partial charge in [-0.3, -0.25) is 0 Å². The van der Waals surface area contributed by atoms with Crippen molar-refractivity contribution in [2.45, 2.75) is 96.2 Å². The lowest BCUT2D eigenvalue weighted by Gasteiger charge is -2.48. The van der Waals surface area contributed by atoms with Gasteiger partial charge >= 0.3 is 0 Å². The summed E-state index contributed by atoms with van der Waals surface area (Å²) >= 11 is 0. The molecule has 0 aliphatic heterocycles. The quantitative estimate of drug-likeness (QED) is 0.534. The maximum atomic E-state index is 6.54. The zero-order valence-corrected chi connectivity index (χ0v) is 16.2. The van der Waals surface area contributed by atoms with Crippen LogP contribution in [0.2, 0.25) is 17.1 Å². The van der Waals surface area contributed by atoms with Gasteiger partial charge in [-0.25, -0.2) is 0 Å². The van der Waals surface area contributed by atoms with E-state index in [-0.39, 0.29) is 0 Å². The molecular weight excluding hydrogens is 272 g/mol. The molecule has 0 N–H and O–H groups in total. The molecule has 2 heteroatoms. The monoisotopic (exact) mass is 310 g/mol. The van der Waals surface area contributed by atoms with Crippen LogP contribution in [0.15, 0.2) is 0 Å². The van der Waals surface area contributed by atoms with E-state index in [0.29, 0.717) is 0 Å². The lowest BCUT2D eigenvalue weighted by atomic mass is 9.90. The van der Waals surface area contributed by atoms with Gasteiger partial charge < -0.3 is 4.43 Å². The molecule has 2 saturated carbocycles. The summed E-state index contributed by atoms with van der Waals surface area (Å²) in [6.45, 7) is 9.71. The molecule has 2 aliphatic carbocycles. The van der Waals surface area contributed by atoms with Crippen LogP contribution >= 0.6 is 0 Å². The molecule has 0 atom stereocenters. The van der Waals surface area contributed by atoms with Gasteiger partial charge in [0, 0.05) is 7.11 Å². The van der Waals surface area contributed by atoms with Gasteiger partial charge in [-0.2, -0.15) is 0 Å². The average Bonchev–Trinajstić information content (AvgIpc) is 2.46. The zero-order chi connectivity index (χ0) is 15.5. The Morgan fingerprint density at radius 2 is 1.19 bits per heavy atom. The molecule has 0 spiro atoms. The number of rotatable bonds is 5. The Morgan fingerprint density at radius 1 is 0.810 bits per heavy atom. The lowest BCUT2D eigenvalue weighted by Crippen LogP contribution is -2.50. The van der Waals surface area contributed by atoms with Crippen molar-refractivity contribution in [2.75, 3.05) is 7.11 Å². The van der Waals surface area contributed by atoms with E-state index in [1.54, 1.807) is 0 Å². The summed E-state index contributed by atoms with van der Waals surface area (Å²) in [7, 11) is 0.484. The van der Waals surface area contributed by atoms with E-state index in [0.717, 1.165) is 28.8 Å². The van der Waals surface area contributed by atoms with Gasteiger partial charge in [-0.05, 0) is 34.9 Å². The van der Waals surface area contributed by atoms with E-state index >= 15 is 0 Å². The molecule has 0 heterocycles. The molecule has 21 heavy (non-hydrogen) atoms. The van der Waals surface area contributed by atoms with Crippen LogP contribution in [0.25, 0.3) is 0 Å². The molecule has 2 aliphatic rings. The Bertz CT molecular complexity index is 277. The van der Waals surface area contributed by atoms with Gasteiger partial charge in [0.05, 0.1) is 0 Å². The van der Waals surface area contributed by atoms with Crippen LogP contribution < -0.4 is 0 Å². The van der Waals surface area contributed by atoms with Gasteiger partial charge in [0.2, 0.25) is 0 Å². The highest BCUT2D eigenvalue weighted by atomic mass is 28.4. The van der Waals surface area contributed by atoms with E-state index in [2.05, 4.69) is 34.8 Å². The van der Waals surface area contributed by atoms with Crippen molar-refractivity contribution in [3.05, 3.63) is 0 Å². The fraction of sp³-hybridized carbons (Fsp3) is 1.00. The maximum Gasteiger partial charge on any atom is 0.198 e. The van der Waals surface area contributed by atoms with E-state index < -0.39 is 8.32 Å². The second-order valence-electron chi connectivity index (χ2n) is 8.67. The summed E-state index contributed by atoms with van der Waals surface area (Å²) in [5.74, 6) is 2.71. The van der Waals surface area contributed by atoms with Crippen LogP contribution in [0.4, 0.5) is 0 Å². The summed E-state index contributed by atoms with van der Waals surface area (Å²) < 4.78 is 6.54. The second-order valence-corrected chi connectivity index (χ2v) is 13.0. The predicted octanol–water partition coefficient (Wildman–Crippen LogP) is 6.39. The Balaban J connectivity index is 2.16. The van der Waals surface area contributed by atoms with Gasteiger partial charge in [0.25, 0.3) is 0 Å². The van der Waals surface area contributed by atoms with Crippen molar-refractivity contribution in [1.82, 2.24) is 0 Å². The summed E-state index contributed by atoms with van der Waals surface area (Å²) in [5.41, 5.74) is 1.89. The van der Waals surface area contributed by atoms with Crippen molar-refractivity contribution in [1.29, 1.82) is 0 Å². The molecule has 0 aromatic rings. The Labute approximate surface area is 134 Å². The molecule has 2 fully saturated rings. The van der Waals surface area contributed by atoms with Crippen LogP contribution in [-0.4, -0.2) is 15.4 Å². The summed E-state index contributed by atoms with van der Waals surface area (Å²) in [5, 5.41) is 0. The SMILES string of the molecule is CO[Si](CC(C)C)(C1CCC(C)CC1)C1CCC(C)CC1. The molecular formula is C19H38OSi. The molecule has 0 aromatic heterocycles. The zero-order valence-electron chi connectivity index (χ0n) is 15.2. The van der Waals surface area contributed by atoms with Crippen molar-refractivity contribution in [2.24, 2.45) is 17.8 Å². The van der Waals surface area contributed by atoms with Gasteiger partial charge in [-0.15, -0.1) is 0 Å². The first-order valence-corrected chi connectivity index (χ1v) is 11.8. The summed E-state index contributed by atoms with van der Waals surface area (Å²) in [6, 6.07) is 1.40. The first kappa shape index (κ1) is 17.5. The highest BCUT2D eigenvalue weighted by molar-refractivity contribution is 6.76. The molecule has 0 aromatic carbocycles. The third-order valence-corrected chi connectivity index (χ3v) is 12.7. The van der Waals surface area contributed by atoms with Crippen LogP contribution in [0.3, 0.4) is 0 Å². The molecule has 2 rings (SSSR count). The highest BCUT2D eigenvalue weighted by Crippen LogP contribution is 2.52. The smallest absolute Gasteiger partial charge is 0.198 e. The van der Waals surface area contributed by atoms with Crippen molar-refractivity contribution in [3.63, 3.8) is 0 Å². The molecule has 1 nitrogen and oxygen atoms in total. The van der Waals surface area contributed by atoms with Crippen LogP contribution in [0.5, 0.6) is 0 Å². The van der Waals surface area contributed by atoms with Crippen LogP contribution in [0, 0.1) is 17.8 Å². The van der Waals surface area contributed by atoms with Crippen molar-refractivity contribution >= 4 is 8.32 Å². The molecule has 124 valence electrons. The van der Waals surface area contributed by atoms with E-state index in [1.165, 1.54) is 57.4 Å². The van der Waals surface area contributed by atoms with Gasteiger partial charge in [0.1, 0.15) is 0 Å². The molecule has 0 saturated heterocycles. The fourth-order valence-corrected chi connectivity index (χ4v) is 11.3. The van der Waals surface area contributed by atoms with Crippen molar-refractivity contribution in [3.8, 4) is 0 Å². The first-order chi connectivity index (χ1) is 9.98. The lowest BCUT2D eigenvalue weighted by molar-refractivity contribution is 0.280. The Hall–Kier alpha value is 0.177. The largest absolute Gasteiger partial charge is 0.419 e. The molecule has 0 bridgehead atoms. The number of hydrogen-bond acceptors (Lipinski definition) is 1. The van der Waals surface area contributed by atoms with Gasteiger partial charge in [-0.1, -0.05) is 79.1 Å². The standard InChI is InChI=1S/C19H38OSi/c1-15(2)14-21(20-5,18-10-6-16(3)7-11-18)19-12-8-17(4)9-13-19/h15-19H,6-14H2,1-5H3. The number of hydrogen-bond donors (Lipinski definition) is 0. The Morgan fingerprint density at radius 3 is 1.48 bits per heavy atom. The van der Waals surface area contributed by atoms with Crippen molar-refractivity contribution < 1.29 is 4.43 Å². The second kappa shape index (κ2) is 7.63. The molecule has 0 unspecified atom stereocenters. The van der Waals surface area contributed by atoms with Crippen LogP contribution in [0.1, 0.15) is 79.1 Å². The maximum absolute atomic E-state index is 6.54. The normalized spacial score (nSPS) is 37.4. The molecule has 0 radical (unpaired) electrons. The molecule has 0 amide bonds. The third-order valence-electron chi connectivity index (χ3n) is 6.52. The summed E-state index contributed by atoms with van der Waals surface area (Å²) in [6.07, 6.45) is 11.6. The third kappa shape index (κ3) is 4.13. The van der Waals surface area contributed by atoms with Gasteiger partial charge in [0.15, 0.2) is 8.32 Å². The topological polar surface area (TPSA) is 9.23 Å². The first-order valence-electron chi connectivity index (χ1n) is 9.53. The minimum Gasteiger partial charge on any atom is -0.419 e. The minimum absolute atomic E-state index is 0.801. The minimum atomic E-state index is -1.59. The fourth-order valence-electron chi connectivity index (χ4n) is 5.22. The van der Waals surface area contributed by atoms with Crippen LogP contribution in [-0.2, 0) is 4.43 Å². The average molecular weight is 311 g/mol.